The molecule has 2 heterocycles. The number of nitrogens with zero attached hydrogens (tertiary/aromatic N) is 2. The minimum absolute atomic E-state index is 0.258. The third-order valence-electron chi connectivity index (χ3n) is 4.30. The summed E-state index contributed by atoms with van der Waals surface area (Å²) < 4.78 is 5.66. The molecule has 1 aromatic heterocycles. The van der Waals surface area contributed by atoms with Crippen molar-refractivity contribution in [2.24, 2.45) is 0 Å². The number of piperazine rings is 1. The van der Waals surface area contributed by atoms with Crippen molar-refractivity contribution >= 4 is 0 Å². The number of aryl methyl sites for hydroxylation is 1. The van der Waals surface area contributed by atoms with Crippen molar-refractivity contribution in [1.29, 1.82) is 0 Å². The fraction of sp³-hybridized carbons (Fsp3) is 0.786. The highest BCUT2D eigenvalue weighted by Crippen LogP contribution is 2.27. The van der Waals surface area contributed by atoms with E-state index >= 15 is 0 Å². The quantitative estimate of drug-likeness (QED) is 0.892. The second-order valence-electron chi connectivity index (χ2n) is 5.37. The lowest BCUT2D eigenvalue weighted by atomic mass is 9.89. The van der Waals surface area contributed by atoms with Gasteiger partial charge in [0.05, 0.1) is 12.2 Å². The summed E-state index contributed by atoms with van der Waals surface area (Å²) in [6, 6.07) is 0.262. The molecule has 18 heavy (non-hydrogen) atoms. The molecule has 0 saturated carbocycles. The van der Waals surface area contributed by atoms with E-state index in [2.05, 4.69) is 36.0 Å². The fourth-order valence-corrected chi connectivity index (χ4v) is 2.76. The van der Waals surface area contributed by atoms with Gasteiger partial charge in [-0.15, -0.1) is 0 Å². The first-order valence-corrected chi connectivity index (χ1v) is 7.01. The smallest absolute Gasteiger partial charge is 0.211 e. The first-order chi connectivity index (χ1) is 8.60. The number of rotatable bonds is 4. The average molecular weight is 251 g/mol. The maximum absolute atomic E-state index is 5.66. The molecule has 1 fully saturated rings. The van der Waals surface area contributed by atoms with E-state index in [0.29, 0.717) is 0 Å². The summed E-state index contributed by atoms with van der Waals surface area (Å²) in [6.45, 7) is 11.8. The second kappa shape index (κ2) is 5.41. The Morgan fingerprint density at radius 1 is 1.50 bits per heavy atom. The zero-order chi connectivity index (χ0) is 13.2. The minimum Gasteiger partial charge on any atom is -0.444 e. The molecular formula is C14H25N3O. The predicted octanol–water partition coefficient (Wildman–Crippen LogP) is 2.51. The Morgan fingerprint density at radius 2 is 2.22 bits per heavy atom. The summed E-state index contributed by atoms with van der Waals surface area (Å²) in [7, 11) is 0. The van der Waals surface area contributed by atoms with Gasteiger partial charge in [0, 0.05) is 25.2 Å². The molecule has 1 unspecified atom stereocenters. The SMILES string of the molecule is CCC1(CC)CN(C(C)c2ncc(C)o2)CCN1. The number of aromatic nitrogens is 1. The first kappa shape index (κ1) is 13.6. The predicted molar refractivity (Wildman–Crippen MR) is 72.5 cm³/mol. The average Bonchev–Trinajstić information content (AvgIpc) is 2.84. The van der Waals surface area contributed by atoms with E-state index in [9.17, 15) is 0 Å². The summed E-state index contributed by atoms with van der Waals surface area (Å²) in [6.07, 6.45) is 4.13. The lowest BCUT2D eigenvalue weighted by Gasteiger charge is -2.44. The summed E-state index contributed by atoms with van der Waals surface area (Å²) in [5, 5.41) is 3.68. The Morgan fingerprint density at radius 3 is 2.78 bits per heavy atom. The molecule has 1 aromatic rings. The van der Waals surface area contributed by atoms with E-state index in [4.69, 9.17) is 4.42 Å². The van der Waals surface area contributed by atoms with Gasteiger partial charge >= 0.3 is 0 Å². The Hall–Kier alpha value is -0.870. The summed E-state index contributed by atoms with van der Waals surface area (Å²) in [5.74, 6) is 1.74. The van der Waals surface area contributed by atoms with Gasteiger partial charge in [-0.05, 0) is 26.7 Å². The molecule has 1 aliphatic heterocycles. The molecule has 4 heteroatoms. The third kappa shape index (κ3) is 2.59. The van der Waals surface area contributed by atoms with Crippen molar-refractivity contribution in [3.8, 4) is 0 Å². The van der Waals surface area contributed by atoms with Crippen LogP contribution < -0.4 is 5.32 Å². The zero-order valence-corrected chi connectivity index (χ0v) is 12.0. The number of hydrogen-bond acceptors (Lipinski definition) is 4. The summed E-state index contributed by atoms with van der Waals surface area (Å²) in [5.41, 5.74) is 0.258. The Labute approximate surface area is 110 Å². The van der Waals surface area contributed by atoms with Crippen LogP contribution in [-0.2, 0) is 0 Å². The summed E-state index contributed by atoms with van der Waals surface area (Å²) in [4.78, 5) is 6.84. The number of nitrogens with one attached hydrogen (secondary N) is 1. The molecule has 0 radical (unpaired) electrons. The summed E-state index contributed by atoms with van der Waals surface area (Å²) >= 11 is 0. The molecule has 2 rings (SSSR count). The Bertz CT molecular complexity index is 384. The van der Waals surface area contributed by atoms with Gasteiger partial charge in [-0.2, -0.15) is 0 Å². The van der Waals surface area contributed by atoms with E-state index in [1.807, 2.05) is 6.92 Å². The van der Waals surface area contributed by atoms with Gasteiger partial charge in [0.25, 0.3) is 0 Å². The molecule has 0 aromatic carbocycles. The molecule has 0 aliphatic carbocycles. The highest BCUT2D eigenvalue weighted by molar-refractivity contribution is 5.00. The van der Waals surface area contributed by atoms with Gasteiger partial charge in [-0.1, -0.05) is 13.8 Å². The van der Waals surface area contributed by atoms with E-state index in [1.54, 1.807) is 6.20 Å². The van der Waals surface area contributed by atoms with Gasteiger partial charge in [-0.25, -0.2) is 4.98 Å². The zero-order valence-electron chi connectivity index (χ0n) is 12.0. The topological polar surface area (TPSA) is 41.3 Å². The molecule has 1 aliphatic rings. The van der Waals surface area contributed by atoms with Crippen LogP contribution in [0.3, 0.4) is 0 Å². The largest absolute Gasteiger partial charge is 0.444 e. The van der Waals surface area contributed by atoms with Crippen LogP contribution in [0.15, 0.2) is 10.6 Å². The lowest BCUT2D eigenvalue weighted by molar-refractivity contribution is 0.0807. The molecule has 0 spiro atoms. The maximum atomic E-state index is 5.66. The molecule has 4 nitrogen and oxygen atoms in total. The Balaban J connectivity index is 2.09. The van der Waals surface area contributed by atoms with Crippen molar-refractivity contribution < 1.29 is 4.42 Å². The van der Waals surface area contributed by atoms with Gasteiger partial charge in [-0.3, -0.25) is 4.90 Å². The molecule has 0 bridgehead atoms. The van der Waals surface area contributed by atoms with E-state index in [-0.39, 0.29) is 11.6 Å². The van der Waals surface area contributed by atoms with Crippen molar-refractivity contribution in [2.45, 2.75) is 52.1 Å². The van der Waals surface area contributed by atoms with Crippen molar-refractivity contribution in [2.75, 3.05) is 19.6 Å². The van der Waals surface area contributed by atoms with Crippen LogP contribution in [-0.4, -0.2) is 35.1 Å². The number of oxazole rings is 1. The molecule has 1 N–H and O–H groups in total. The van der Waals surface area contributed by atoms with E-state index < -0.39 is 0 Å². The molecule has 1 saturated heterocycles. The van der Waals surface area contributed by atoms with Crippen LogP contribution in [0, 0.1) is 6.92 Å². The fourth-order valence-electron chi connectivity index (χ4n) is 2.76. The number of hydrogen-bond donors (Lipinski definition) is 1. The van der Waals surface area contributed by atoms with Crippen molar-refractivity contribution in [3.63, 3.8) is 0 Å². The van der Waals surface area contributed by atoms with Gasteiger partial charge in [0.1, 0.15) is 5.76 Å². The molecule has 102 valence electrons. The van der Waals surface area contributed by atoms with Gasteiger partial charge < -0.3 is 9.73 Å². The van der Waals surface area contributed by atoms with Crippen molar-refractivity contribution in [3.05, 3.63) is 17.8 Å². The van der Waals surface area contributed by atoms with Crippen molar-refractivity contribution in [1.82, 2.24) is 15.2 Å². The standard InChI is InChI=1S/C14H25N3O/c1-5-14(6-2)10-17(8-7-16-14)12(4)13-15-9-11(3)18-13/h9,12,16H,5-8,10H2,1-4H3. The van der Waals surface area contributed by atoms with Crippen LogP contribution in [0.2, 0.25) is 0 Å². The minimum atomic E-state index is 0.258. The maximum Gasteiger partial charge on any atom is 0.211 e. The van der Waals surface area contributed by atoms with E-state index in [0.717, 1.165) is 44.1 Å². The first-order valence-electron chi connectivity index (χ1n) is 7.01. The molecular weight excluding hydrogens is 226 g/mol. The van der Waals surface area contributed by atoms with Crippen LogP contribution in [0.4, 0.5) is 0 Å². The van der Waals surface area contributed by atoms with Gasteiger partial charge in [0.2, 0.25) is 5.89 Å². The lowest BCUT2D eigenvalue weighted by Crippen LogP contribution is -2.60. The van der Waals surface area contributed by atoms with Crippen LogP contribution in [0.5, 0.6) is 0 Å². The van der Waals surface area contributed by atoms with Crippen LogP contribution in [0.1, 0.15) is 51.3 Å². The second-order valence-corrected chi connectivity index (χ2v) is 5.37. The normalized spacial score (nSPS) is 22.0. The highest BCUT2D eigenvalue weighted by atomic mass is 16.4. The molecule has 0 amide bonds. The van der Waals surface area contributed by atoms with Gasteiger partial charge in [0.15, 0.2) is 0 Å². The van der Waals surface area contributed by atoms with Crippen LogP contribution >= 0.6 is 0 Å². The highest BCUT2D eigenvalue weighted by Gasteiger charge is 2.34. The Kier molecular flexibility index (Phi) is 4.07. The van der Waals surface area contributed by atoms with Crippen LogP contribution in [0.25, 0.3) is 0 Å². The molecule has 1 atom stereocenters. The van der Waals surface area contributed by atoms with E-state index in [1.165, 1.54) is 0 Å². The monoisotopic (exact) mass is 251 g/mol. The third-order valence-corrected chi connectivity index (χ3v) is 4.30.